The summed E-state index contributed by atoms with van der Waals surface area (Å²) in [4.78, 5) is 11.7. The first-order chi connectivity index (χ1) is 9.19. The van der Waals surface area contributed by atoms with Gasteiger partial charge in [-0.2, -0.15) is 0 Å². The van der Waals surface area contributed by atoms with Crippen molar-refractivity contribution >= 4 is 17.5 Å². The highest BCUT2D eigenvalue weighted by Gasteiger charge is 2.07. The third-order valence-corrected chi connectivity index (χ3v) is 2.60. The maximum Gasteiger partial charge on any atom is 0.251 e. The Bertz CT molecular complexity index is 491. The van der Waals surface area contributed by atoms with Crippen molar-refractivity contribution in [2.45, 2.75) is 6.42 Å². The van der Waals surface area contributed by atoms with E-state index in [-0.39, 0.29) is 12.5 Å². The van der Waals surface area contributed by atoms with Gasteiger partial charge < -0.3 is 15.2 Å². The molecule has 102 valence electrons. The molecule has 0 aliphatic rings. The molecule has 0 heterocycles. The first-order valence-electron chi connectivity index (χ1n) is 5.85. The van der Waals surface area contributed by atoms with Gasteiger partial charge in [0.05, 0.1) is 18.2 Å². The molecule has 0 spiro atoms. The molecule has 0 unspecified atom stereocenters. The summed E-state index contributed by atoms with van der Waals surface area (Å²) in [6.45, 7) is 0.930. The van der Waals surface area contributed by atoms with Crippen molar-refractivity contribution in [2.24, 2.45) is 0 Å². The van der Waals surface area contributed by atoms with Crippen LogP contribution in [0.3, 0.4) is 0 Å². The van der Waals surface area contributed by atoms with E-state index < -0.39 is 0 Å². The Morgan fingerprint density at radius 3 is 2.95 bits per heavy atom. The zero-order valence-electron chi connectivity index (χ0n) is 10.7. The molecule has 0 aliphatic heterocycles. The summed E-state index contributed by atoms with van der Waals surface area (Å²) in [7, 11) is 1.57. The maximum atomic E-state index is 11.7. The molecule has 1 rings (SSSR count). The minimum atomic E-state index is -0.200. The fourth-order valence-corrected chi connectivity index (χ4v) is 1.57. The molecule has 1 aromatic carbocycles. The van der Waals surface area contributed by atoms with E-state index in [1.54, 1.807) is 25.3 Å². The van der Waals surface area contributed by atoms with Crippen LogP contribution in [0, 0.1) is 11.8 Å². The number of nitrogens with one attached hydrogen (secondary N) is 1. The average molecular weight is 282 g/mol. The van der Waals surface area contributed by atoms with Gasteiger partial charge in [0, 0.05) is 31.2 Å². The first-order valence-corrected chi connectivity index (χ1v) is 6.23. The average Bonchev–Trinajstić information content (AvgIpc) is 2.41. The zero-order valence-corrected chi connectivity index (χ0v) is 11.5. The second-order valence-corrected chi connectivity index (χ2v) is 4.13. The van der Waals surface area contributed by atoms with Crippen molar-refractivity contribution in [2.75, 3.05) is 26.9 Å². The molecule has 1 amide bonds. The predicted molar refractivity (Wildman–Crippen MR) is 74.2 cm³/mol. The van der Waals surface area contributed by atoms with Crippen molar-refractivity contribution < 1.29 is 14.6 Å². The molecule has 0 aliphatic carbocycles. The number of aliphatic hydroxyl groups excluding tert-OH is 1. The van der Waals surface area contributed by atoms with Crippen LogP contribution in [0.1, 0.15) is 22.3 Å². The Balaban J connectivity index is 2.71. The molecule has 0 radical (unpaired) electrons. The molecule has 0 bridgehead atoms. The minimum absolute atomic E-state index is 0.0185. The zero-order chi connectivity index (χ0) is 14.1. The van der Waals surface area contributed by atoms with Gasteiger partial charge in [-0.05, 0) is 18.2 Å². The summed E-state index contributed by atoms with van der Waals surface area (Å²) in [5, 5.41) is 11.8. The maximum absolute atomic E-state index is 11.7. The quantitative estimate of drug-likeness (QED) is 0.634. The van der Waals surface area contributed by atoms with Gasteiger partial charge in [-0.25, -0.2) is 0 Å². The Kier molecular flexibility index (Phi) is 6.98. The number of halogens is 1. The van der Waals surface area contributed by atoms with Gasteiger partial charge in [-0.3, -0.25) is 4.79 Å². The second-order valence-electron chi connectivity index (χ2n) is 3.72. The fraction of sp³-hybridized carbons (Fsp3) is 0.357. The Hall–Kier alpha value is -1.54. The molecule has 0 aromatic heterocycles. The second kappa shape index (κ2) is 8.54. The van der Waals surface area contributed by atoms with Crippen LogP contribution in [0.2, 0.25) is 5.02 Å². The van der Waals surface area contributed by atoms with Gasteiger partial charge in [0.2, 0.25) is 0 Å². The number of hydrogen-bond acceptors (Lipinski definition) is 3. The molecule has 2 N–H and O–H groups in total. The van der Waals surface area contributed by atoms with Gasteiger partial charge in [-0.1, -0.05) is 23.4 Å². The molecule has 0 saturated carbocycles. The van der Waals surface area contributed by atoms with Crippen LogP contribution in [-0.4, -0.2) is 37.9 Å². The number of aliphatic hydroxyl groups is 1. The molecule has 5 heteroatoms. The van der Waals surface area contributed by atoms with Crippen LogP contribution < -0.4 is 5.32 Å². The number of benzene rings is 1. The Morgan fingerprint density at radius 2 is 2.32 bits per heavy atom. The van der Waals surface area contributed by atoms with Gasteiger partial charge in [0.1, 0.15) is 0 Å². The van der Waals surface area contributed by atoms with E-state index in [9.17, 15) is 4.79 Å². The third-order valence-electron chi connectivity index (χ3n) is 2.28. The van der Waals surface area contributed by atoms with Crippen LogP contribution in [0.4, 0.5) is 0 Å². The fourth-order valence-electron chi connectivity index (χ4n) is 1.34. The van der Waals surface area contributed by atoms with E-state index in [1.807, 2.05) is 0 Å². The van der Waals surface area contributed by atoms with E-state index in [4.69, 9.17) is 21.4 Å². The molecule has 0 atom stereocenters. The summed E-state index contributed by atoms with van der Waals surface area (Å²) in [6, 6.07) is 4.93. The Morgan fingerprint density at radius 1 is 1.53 bits per heavy atom. The number of rotatable bonds is 5. The lowest BCUT2D eigenvalue weighted by Gasteiger charge is -2.05. The van der Waals surface area contributed by atoms with Gasteiger partial charge in [0.15, 0.2) is 0 Å². The number of carbonyl (C=O) groups excluding carboxylic acids is 1. The molecular formula is C14H16ClNO3. The first kappa shape index (κ1) is 15.5. The van der Waals surface area contributed by atoms with E-state index in [1.165, 1.54) is 0 Å². The number of methoxy groups -OCH3 is 1. The predicted octanol–water partition coefficient (Wildman–Crippen LogP) is 1.45. The van der Waals surface area contributed by atoms with E-state index in [0.29, 0.717) is 35.7 Å². The standard InChI is InChI=1S/C14H16ClNO3/c1-19-9-7-16-14(18)12-6-5-11(13(15)10-12)4-2-3-8-17/h5-6,10,17H,3,7-9H2,1H3,(H,16,18). The van der Waals surface area contributed by atoms with Crippen molar-refractivity contribution in [1.29, 1.82) is 0 Å². The molecule has 19 heavy (non-hydrogen) atoms. The van der Waals surface area contributed by atoms with E-state index in [0.717, 1.165) is 0 Å². The highest BCUT2D eigenvalue weighted by atomic mass is 35.5. The molecule has 4 nitrogen and oxygen atoms in total. The van der Waals surface area contributed by atoms with Crippen LogP contribution in [0.25, 0.3) is 0 Å². The lowest BCUT2D eigenvalue weighted by Crippen LogP contribution is -2.26. The Labute approximate surface area is 117 Å². The topological polar surface area (TPSA) is 58.6 Å². The highest BCUT2D eigenvalue weighted by molar-refractivity contribution is 6.32. The van der Waals surface area contributed by atoms with E-state index >= 15 is 0 Å². The third kappa shape index (κ3) is 5.31. The smallest absolute Gasteiger partial charge is 0.251 e. The van der Waals surface area contributed by atoms with Gasteiger partial charge in [-0.15, -0.1) is 0 Å². The van der Waals surface area contributed by atoms with Gasteiger partial charge >= 0.3 is 0 Å². The lowest BCUT2D eigenvalue weighted by molar-refractivity contribution is 0.0937. The minimum Gasteiger partial charge on any atom is -0.395 e. The molecular weight excluding hydrogens is 266 g/mol. The largest absolute Gasteiger partial charge is 0.395 e. The van der Waals surface area contributed by atoms with Crippen LogP contribution >= 0.6 is 11.6 Å². The number of amides is 1. The number of hydrogen-bond donors (Lipinski definition) is 2. The summed E-state index contributed by atoms with van der Waals surface area (Å²) >= 11 is 6.04. The van der Waals surface area contributed by atoms with Gasteiger partial charge in [0.25, 0.3) is 5.91 Å². The highest BCUT2D eigenvalue weighted by Crippen LogP contribution is 2.17. The lowest BCUT2D eigenvalue weighted by atomic mass is 10.1. The monoisotopic (exact) mass is 281 g/mol. The summed E-state index contributed by atoms with van der Waals surface area (Å²) in [6.07, 6.45) is 0.398. The molecule has 0 saturated heterocycles. The van der Waals surface area contributed by atoms with Crippen molar-refractivity contribution in [3.8, 4) is 11.8 Å². The van der Waals surface area contributed by atoms with Crippen molar-refractivity contribution in [3.63, 3.8) is 0 Å². The molecule has 0 fully saturated rings. The summed E-state index contributed by atoms with van der Waals surface area (Å²) < 4.78 is 4.85. The molecule has 1 aromatic rings. The van der Waals surface area contributed by atoms with E-state index in [2.05, 4.69) is 17.2 Å². The summed E-state index contributed by atoms with van der Waals surface area (Å²) in [5.74, 6) is 5.42. The SMILES string of the molecule is COCCNC(=O)c1ccc(C#CCCO)c(Cl)c1. The van der Waals surface area contributed by atoms with Crippen molar-refractivity contribution in [3.05, 3.63) is 34.3 Å². The summed E-state index contributed by atoms with van der Waals surface area (Å²) in [5.41, 5.74) is 1.12. The van der Waals surface area contributed by atoms with Crippen LogP contribution in [-0.2, 0) is 4.74 Å². The normalized spacial score (nSPS) is 9.63. The number of carbonyl (C=O) groups is 1. The number of ether oxygens (including phenoxy) is 1. The van der Waals surface area contributed by atoms with Crippen molar-refractivity contribution in [1.82, 2.24) is 5.32 Å². The van der Waals surface area contributed by atoms with Crippen LogP contribution in [0.5, 0.6) is 0 Å². The van der Waals surface area contributed by atoms with Crippen LogP contribution in [0.15, 0.2) is 18.2 Å².